The predicted octanol–water partition coefficient (Wildman–Crippen LogP) is 4.45. The van der Waals surface area contributed by atoms with Gasteiger partial charge >= 0.3 is 6.18 Å². The van der Waals surface area contributed by atoms with Crippen LogP contribution < -0.4 is 0 Å². The van der Waals surface area contributed by atoms with Crippen LogP contribution in [0.2, 0.25) is 0 Å². The van der Waals surface area contributed by atoms with Crippen molar-refractivity contribution in [2.75, 3.05) is 13.2 Å². The van der Waals surface area contributed by atoms with E-state index in [0.717, 1.165) is 56.8 Å². The largest absolute Gasteiger partial charge is 0.416 e. The normalized spacial score (nSPS) is 17.6. The molecule has 0 spiro atoms. The Labute approximate surface area is 111 Å². The number of benzene rings is 1. The average Bonchev–Trinajstić information content (AvgIpc) is 2.39. The molecule has 0 bridgehead atoms. The van der Waals surface area contributed by atoms with Gasteiger partial charge in [0.05, 0.1) is 5.56 Å². The van der Waals surface area contributed by atoms with Crippen LogP contribution in [0, 0.1) is 5.92 Å². The summed E-state index contributed by atoms with van der Waals surface area (Å²) >= 11 is 0. The first kappa shape index (κ1) is 14.4. The average molecular weight is 272 g/mol. The molecule has 1 fully saturated rings. The molecular formula is C15H19F3O. The SMILES string of the molecule is FC(F)(F)c1ccc(CCCC2CCOCC2)cc1. The standard InChI is InChI=1S/C15H19F3O/c16-15(17,18)14-6-4-12(5-7-14)2-1-3-13-8-10-19-11-9-13/h4-7,13H,1-3,8-11H2. The first-order valence-electron chi connectivity index (χ1n) is 6.79. The summed E-state index contributed by atoms with van der Waals surface area (Å²) in [5.74, 6) is 0.725. The number of hydrogen-bond donors (Lipinski definition) is 0. The molecule has 0 aromatic heterocycles. The van der Waals surface area contributed by atoms with Gasteiger partial charge in [-0.3, -0.25) is 0 Å². The smallest absolute Gasteiger partial charge is 0.381 e. The molecule has 1 aliphatic heterocycles. The molecule has 19 heavy (non-hydrogen) atoms. The Bertz CT molecular complexity index is 377. The zero-order valence-electron chi connectivity index (χ0n) is 10.9. The van der Waals surface area contributed by atoms with E-state index in [1.165, 1.54) is 12.1 Å². The van der Waals surface area contributed by atoms with Gasteiger partial charge in [-0.1, -0.05) is 12.1 Å². The molecule has 0 saturated carbocycles. The molecular weight excluding hydrogens is 253 g/mol. The van der Waals surface area contributed by atoms with Crippen LogP contribution in [0.5, 0.6) is 0 Å². The first-order chi connectivity index (χ1) is 9.05. The van der Waals surface area contributed by atoms with Crippen molar-refractivity contribution in [3.63, 3.8) is 0 Å². The number of hydrogen-bond acceptors (Lipinski definition) is 1. The van der Waals surface area contributed by atoms with E-state index in [4.69, 9.17) is 4.74 Å². The monoisotopic (exact) mass is 272 g/mol. The molecule has 0 atom stereocenters. The van der Waals surface area contributed by atoms with Gasteiger partial charge in [-0.15, -0.1) is 0 Å². The fourth-order valence-corrected chi connectivity index (χ4v) is 2.49. The van der Waals surface area contributed by atoms with Crippen molar-refractivity contribution >= 4 is 0 Å². The van der Waals surface area contributed by atoms with Crippen LogP contribution in [-0.2, 0) is 17.3 Å². The Hall–Kier alpha value is -1.03. The molecule has 1 aromatic rings. The second-order valence-electron chi connectivity index (χ2n) is 5.14. The summed E-state index contributed by atoms with van der Waals surface area (Å²) in [4.78, 5) is 0. The molecule has 4 heteroatoms. The Kier molecular flexibility index (Phi) is 4.86. The van der Waals surface area contributed by atoms with E-state index in [1.807, 2.05) is 0 Å². The maximum atomic E-state index is 12.4. The molecule has 1 aromatic carbocycles. The van der Waals surface area contributed by atoms with Crippen LogP contribution in [0.3, 0.4) is 0 Å². The number of aryl methyl sites for hydroxylation is 1. The van der Waals surface area contributed by atoms with Crippen LogP contribution in [0.25, 0.3) is 0 Å². The quantitative estimate of drug-likeness (QED) is 0.786. The molecule has 106 valence electrons. The molecule has 0 N–H and O–H groups in total. The second kappa shape index (κ2) is 6.42. The highest BCUT2D eigenvalue weighted by Gasteiger charge is 2.29. The Balaban J connectivity index is 1.76. The number of rotatable bonds is 4. The minimum Gasteiger partial charge on any atom is -0.381 e. The van der Waals surface area contributed by atoms with Crippen LogP contribution >= 0.6 is 0 Å². The third-order valence-corrected chi connectivity index (χ3v) is 3.70. The third-order valence-electron chi connectivity index (χ3n) is 3.70. The summed E-state index contributed by atoms with van der Waals surface area (Å²) in [7, 11) is 0. The number of halogens is 3. The Morgan fingerprint density at radius 1 is 1.05 bits per heavy atom. The summed E-state index contributed by atoms with van der Waals surface area (Å²) in [5.41, 5.74) is 0.417. The molecule has 0 radical (unpaired) electrons. The first-order valence-corrected chi connectivity index (χ1v) is 6.79. The van der Waals surface area contributed by atoms with Gasteiger partial charge in [0.1, 0.15) is 0 Å². The molecule has 1 heterocycles. The van der Waals surface area contributed by atoms with E-state index in [-0.39, 0.29) is 0 Å². The Morgan fingerprint density at radius 3 is 2.26 bits per heavy atom. The van der Waals surface area contributed by atoms with Crippen molar-refractivity contribution in [1.82, 2.24) is 0 Å². The highest BCUT2D eigenvalue weighted by atomic mass is 19.4. The van der Waals surface area contributed by atoms with Crippen molar-refractivity contribution in [1.29, 1.82) is 0 Å². The van der Waals surface area contributed by atoms with E-state index >= 15 is 0 Å². The minimum atomic E-state index is -4.24. The zero-order valence-corrected chi connectivity index (χ0v) is 10.9. The number of alkyl halides is 3. The van der Waals surface area contributed by atoms with Gasteiger partial charge in [-0.25, -0.2) is 0 Å². The molecule has 1 aliphatic rings. The summed E-state index contributed by atoms with van der Waals surface area (Å²) in [6, 6.07) is 5.52. The third kappa shape index (κ3) is 4.53. The zero-order chi connectivity index (χ0) is 13.7. The maximum absolute atomic E-state index is 12.4. The lowest BCUT2D eigenvalue weighted by molar-refractivity contribution is -0.137. The van der Waals surface area contributed by atoms with E-state index in [2.05, 4.69) is 0 Å². The molecule has 1 saturated heterocycles. The van der Waals surface area contributed by atoms with Gasteiger partial charge in [-0.2, -0.15) is 13.2 Å². The Morgan fingerprint density at radius 2 is 1.68 bits per heavy atom. The highest BCUT2D eigenvalue weighted by molar-refractivity contribution is 5.24. The van der Waals surface area contributed by atoms with Gasteiger partial charge in [0, 0.05) is 13.2 Å². The fourth-order valence-electron chi connectivity index (χ4n) is 2.49. The highest BCUT2D eigenvalue weighted by Crippen LogP contribution is 2.29. The minimum absolute atomic E-state index is 0.569. The van der Waals surface area contributed by atoms with Crippen LogP contribution in [-0.4, -0.2) is 13.2 Å². The van der Waals surface area contributed by atoms with Crippen molar-refractivity contribution in [2.24, 2.45) is 5.92 Å². The van der Waals surface area contributed by atoms with Gasteiger partial charge in [-0.05, 0) is 55.7 Å². The molecule has 0 unspecified atom stereocenters. The lowest BCUT2D eigenvalue weighted by Gasteiger charge is -2.21. The van der Waals surface area contributed by atoms with Gasteiger partial charge in [0.2, 0.25) is 0 Å². The molecule has 0 aliphatic carbocycles. The van der Waals surface area contributed by atoms with Crippen LogP contribution in [0.1, 0.15) is 36.8 Å². The molecule has 2 rings (SSSR count). The summed E-state index contributed by atoms with van der Waals surface area (Å²) in [6.45, 7) is 1.70. The molecule has 1 nitrogen and oxygen atoms in total. The summed E-state index contributed by atoms with van der Waals surface area (Å²) < 4.78 is 42.5. The lowest BCUT2D eigenvalue weighted by atomic mass is 9.93. The van der Waals surface area contributed by atoms with Crippen LogP contribution in [0.4, 0.5) is 13.2 Å². The van der Waals surface area contributed by atoms with Crippen molar-refractivity contribution in [3.05, 3.63) is 35.4 Å². The van der Waals surface area contributed by atoms with Crippen LogP contribution in [0.15, 0.2) is 24.3 Å². The summed E-state index contributed by atoms with van der Waals surface area (Å²) in [5, 5.41) is 0. The van der Waals surface area contributed by atoms with Crippen molar-refractivity contribution in [3.8, 4) is 0 Å². The van der Waals surface area contributed by atoms with Crippen molar-refractivity contribution < 1.29 is 17.9 Å². The van der Waals surface area contributed by atoms with Gasteiger partial charge in [0.25, 0.3) is 0 Å². The van der Waals surface area contributed by atoms with E-state index < -0.39 is 11.7 Å². The van der Waals surface area contributed by atoms with Gasteiger partial charge < -0.3 is 4.74 Å². The second-order valence-corrected chi connectivity index (χ2v) is 5.14. The maximum Gasteiger partial charge on any atom is 0.416 e. The number of ether oxygens (including phenoxy) is 1. The fraction of sp³-hybridized carbons (Fsp3) is 0.600. The summed E-state index contributed by atoms with van der Waals surface area (Å²) in [6.07, 6.45) is 1.04. The van der Waals surface area contributed by atoms with E-state index in [9.17, 15) is 13.2 Å². The lowest BCUT2D eigenvalue weighted by Crippen LogP contribution is -2.15. The molecule has 0 amide bonds. The topological polar surface area (TPSA) is 9.23 Å². The van der Waals surface area contributed by atoms with Gasteiger partial charge in [0.15, 0.2) is 0 Å². The van der Waals surface area contributed by atoms with E-state index in [0.29, 0.717) is 0 Å². The van der Waals surface area contributed by atoms with Crippen molar-refractivity contribution in [2.45, 2.75) is 38.3 Å². The predicted molar refractivity (Wildman–Crippen MR) is 67.9 cm³/mol. The van der Waals surface area contributed by atoms with E-state index in [1.54, 1.807) is 12.1 Å².